The Labute approximate surface area is 154 Å². The van der Waals surface area contributed by atoms with Crippen molar-refractivity contribution in [2.24, 2.45) is 22.7 Å². The molecule has 0 N–H and O–H groups in total. The van der Waals surface area contributed by atoms with Gasteiger partial charge in [-0.1, -0.05) is 27.2 Å². The lowest BCUT2D eigenvalue weighted by atomic mass is 9.46. The molecule has 5 nitrogen and oxygen atoms in total. The van der Waals surface area contributed by atoms with Gasteiger partial charge in [-0.25, -0.2) is 0 Å². The number of esters is 1. The highest BCUT2D eigenvalue weighted by Crippen LogP contribution is 2.74. The molecule has 2 saturated carbocycles. The molecule has 5 rings (SSSR count). The van der Waals surface area contributed by atoms with Gasteiger partial charge in [0.05, 0.1) is 18.6 Å². The van der Waals surface area contributed by atoms with Crippen LogP contribution < -0.4 is 0 Å². The first-order chi connectivity index (χ1) is 12.2. The summed E-state index contributed by atoms with van der Waals surface area (Å²) in [4.78, 5) is 25.7. The predicted octanol–water partition coefficient (Wildman–Crippen LogP) is 2.82. The van der Waals surface area contributed by atoms with E-state index in [1.54, 1.807) is 0 Å². The second-order valence-electron chi connectivity index (χ2n) is 9.74. The molecule has 26 heavy (non-hydrogen) atoms. The van der Waals surface area contributed by atoms with Gasteiger partial charge in [-0.15, -0.1) is 0 Å². The maximum absolute atomic E-state index is 13.0. The van der Waals surface area contributed by atoms with Gasteiger partial charge in [0, 0.05) is 0 Å². The van der Waals surface area contributed by atoms with Crippen molar-refractivity contribution >= 4 is 11.8 Å². The third-order valence-corrected chi connectivity index (χ3v) is 8.38. The third-order valence-electron chi connectivity index (χ3n) is 8.38. The first kappa shape index (κ1) is 16.9. The van der Waals surface area contributed by atoms with Crippen LogP contribution >= 0.6 is 0 Å². The molecule has 0 aromatic carbocycles. The summed E-state index contributed by atoms with van der Waals surface area (Å²) >= 11 is 0. The molecule has 5 heteroatoms. The number of ketones is 1. The lowest BCUT2D eigenvalue weighted by Crippen LogP contribution is -2.58. The maximum atomic E-state index is 13.0. The Kier molecular flexibility index (Phi) is 3.00. The number of carbonyl (C=O) groups excluding carboxylic acids is 2. The van der Waals surface area contributed by atoms with Gasteiger partial charge in [-0.3, -0.25) is 9.59 Å². The van der Waals surface area contributed by atoms with Crippen molar-refractivity contribution in [3.05, 3.63) is 11.6 Å². The molecule has 3 aliphatic carbocycles. The van der Waals surface area contributed by atoms with Crippen LogP contribution in [0.4, 0.5) is 0 Å². The molecule has 7 atom stereocenters. The quantitative estimate of drug-likeness (QED) is 0.559. The fourth-order valence-corrected chi connectivity index (χ4v) is 6.89. The minimum atomic E-state index is -0.693. The van der Waals surface area contributed by atoms with Crippen molar-refractivity contribution in [2.75, 3.05) is 7.11 Å². The average molecular weight is 360 g/mol. The molecule has 142 valence electrons. The highest BCUT2D eigenvalue weighted by Gasteiger charge is 2.86. The van der Waals surface area contributed by atoms with Crippen LogP contribution in [0.5, 0.6) is 0 Å². The number of fused-ring (bicyclic) bond motifs is 3. The minimum absolute atomic E-state index is 0.0487. The van der Waals surface area contributed by atoms with Crippen LogP contribution in [-0.4, -0.2) is 42.3 Å². The number of epoxide rings is 2. The first-order valence-electron chi connectivity index (χ1n) is 9.89. The van der Waals surface area contributed by atoms with E-state index < -0.39 is 16.6 Å². The molecule has 0 bridgehead atoms. The molecular formula is C21H28O5. The van der Waals surface area contributed by atoms with E-state index in [0.29, 0.717) is 0 Å². The Morgan fingerprint density at radius 2 is 2.00 bits per heavy atom. The van der Waals surface area contributed by atoms with E-state index in [0.717, 1.165) is 31.3 Å². The van der Waals surface area contributed by atoms with Crippen molar-refractivity contribution < 1.29 is 23.8 Å². The smallest absolute Gasteiger partial charge is 0.311 e. The standard InChI is InChI=1S/C21H28O5/c1-11(2)20-14(22)9-13-18(3)7-6-8-19(4,17(23)24-5)12(18)10-15-21(13,25-15)16(20)26-20/h9,11-12,15-16H,6-8,10H2,1-5H3/t12-,15-,16+,18+,19-,20+,21+/m1/s1. The molecule has 0 aromatic heterocycles. The van der Waals surface area contributed by atoms with E-state index >= 15 is 0 Å². The Bertz CT molecular complexity index is 756. The predicted molar refractivity (Wildman–Crippen MR) is 93.3 cm³/mol. The molecule has 0 amide bonds. The Morgan fingerprint density at radius 3 is 2.65 bits per heavy atom. The lowest BCUT2D eigenvalue weighted by molar-refractivity contribution is -0.163. The molecule has 5 aliphatic rings. The summed E-state index contributed by atoms with van der Waals surface area (Å²) in [6.45, 7) is 8.36. The summed E-state index contributed by atoms with van der Waals surface area (Å²) in [7, 11) is 1.47. The largest absolute Gasteiger partial charge is 0.469 e. The van der Waals surface area contributed by atoms with Gasteiger partial charge in [0.15, 0.2) is 11.4 Å². The zero-order valence-electron chi connectivity index (χ0n) is 16.3. The molecule has 0 aromatic rings. The zero-order valence-corrected chi connectivity index (χ0v) is 16.3. The van der Waals surface area contributed by atoms with Crippen LogP contribution in [0, 0.1) is 22.7 Å². The van der Waals surface area contributed by atoms with Crippen LogP contribution in [0.25, 0.3) is 0 Å². The van der Waals surface area contributed by atoms with Gasteiger partial charge in [-0.05, 0) is 55.1 Å². The third kappa shape index (κ3) is 1.58. The van der Waals surface area contributed by atoms with Crippen molar-refractivity contribution in [2.45, 2.75) is 76.8 Å². The van der Waals surface area contributed by atoms with Crippen LogP contribution in [0.1, 0.15) is 53.4 Å². The molecule has 0 radical (unpaired) electrons. The molecule has 4 fully saturated rings. The fourth-order valence-electron chi connectivity index (χ4n) is 6.89. The van der Waals surface area contributed by atoms with Gasteiger partial charge in [0.25, 0.3) is 0 Å². The molecular weight excluding hydrogens is 332 g/mol. The molecule has 0 unspecified atom stereocenters. The number of rotatable bonds is 2. The van der Waals surface area contributed by atoms with Crippen LogP contribution in [0.15, 0.2) is 11.6 Å². The van der Waals surface area contributed by atoms with Crippen LogP contribution in [0.3, 0.4) is 0 Å². The Morgan fingerprint density at radius 1 is 1.27 bits per heavy atom. The number of hydrogen-bond donors (Lipinski definition) is 0. The number of hydrogen-bond acceptors (Lipinski definition) is 5. The fraction of sp³-hybridized carbons (Fsp3) is 0.810. The van der Waals surface area contributed by atoms with E-state index in [2.05, 4.69) is 6.92 Å². The summed E-state index contributed by atoms with van der Waals surface area (Å²) in [5.74, 6) is 0.207. The number of ether oxygens (including phenoxy) is 3. The van der Waals surface area contributed by atoms with Crippen molar-refractivity contribution in [3.63, 3.8) is 0 Å². The van der Waals surface area contributed by atoms with Gasteiger partial charge >= 0.3 is 5.97 Å². The molecule has 2 heterocycles. The van der Waals surface area contributed by atoms with Gasteiger partial charge in [-0.2, -0.15) is 0 Å². The van der Waals surface area contributed by atoms with E-state index in [-0.39, 0.29) is 41.2 Å². The lowest BCUT2D eigenvalue weighted by Gasteiger charge is -2.55. The minimum Gasteiger partial charge on any atom is -0.469 e. The monoisotopic (exact) mass is 360 g/mol. The highest BCUT2D eigenvalue weighted by atomic mass is 16.7. The number of methoxy groups -OCH3 is 1. The normalized spacial score (nSPS) is 53.7. The van der Waals surface area contributed by atoms with Gasteiger partial charge in [0.1, 0.15) is 11.7 Å². The van der Waals surface area contributed by atoms with Crippen LogP contribution in [-0.2, 0) is 23.8 Å². The molecule has 1 spiro atoms. The Balaban J connectivity index is 1.62. The van der Waals surface area contributed by atoms with E-state index in [1.807, 2.05) is 26.8 Å². The van der Waals surface area contributed by atoms with Gasteiger partial charge < -0.3 is 14.2 Å². The topological polar surface area (TPSA) is 68.4 Å². The van der Waals surface area contributed by atoms with Crippen molar-refractivity contribution in [1.29, 1.82) is 0 Å². The summed E-state index contributed by atoms with van der Waals surface area (Å²) in [5.41, 5.74) is -0.788. The molecule has 2 aliphatic heterocycles. The maximum Gasteiger partial charge on any atom is 0.311 e. The second kappa shape index (κ2) is 4.61. The summed E-state index contributed by atoms with van der Waals surface area (Å²) in [6.07, 6.45) is 5.31. The average Bonchev–Trinajstić information content (AvgIpc) is 3.47. The number of carbonyl (C=O) groups is 2. The van der Waals surface area contributed by atoms with Crippen LogP contribution in [0.2, 0.25) is 0 Å². The van der Waals surface area contributed by atoms with Crippen molar-refractivity contribution in [1.82, 2.24) is 0 Å². The van der Waals surface area contributed by atoms with Gasteiger partial charge in [0.2, 0.25) is 0 Å². The van der Waals surface area contributed by atoms with E-state index in [1.165, 1.54) is 7.11 Å². The van der Waals surface area contributed by atoms with E-state index in [9.17, 15) is 9.59 Å². The highest BCUT2D eigenvalue weighted by molar-refractivity contribution is 6.03. The first-order valence-corrected chi connectivity index (χ1v) is 9.89. The summed E-state index contributed by atoms with van der Waals surface area (Å²) < 4.78 is 17.6. The summed E-state index contributed by atoms with van der Waals surface area (Å²) in [5, 5.41) is 0. The second-order valence-corrected chi connectivity index (χ2v) is 9.74. The SMILES string of the molecule is COC(=O)[C@]1(C)CCC[C@]2(C)C3=CC(=O)[C@]4(C(C)C)O[C@@H]4[C@]34O[C@@H]4C[C@@H]12. The van der Waals surface area contributed by atoms with E-state index in [4.69, 9.17) is 14.2 Å². The summed E-state index contributed by atoms with van der Waals surface area (Å²) in [6, 6.07) is 0. The zero-order chi connectivity index (χ0) is 18.7. The Hall–Kier alpha value is -1.20. The molecule has 2 saturated heterocycles. The van der Waals surface area contributed by atoms with Crippen molar-refractivity contribution in [3.8, 4) is 0 Å².